The number of nitrogens with zero attached hydrogens (tertiary/aromatic N) is 2. The van der Waals surface area contributed by atoms with Crippen LogP contribution in [-0.4, -0.2) is 25.5 Å². The van der Waals surface area contributed by atoms with Gasteiger partial charge in [0.15, 0.2) is 0 Å². The van der Waals surface area contributed by atoms with Crippen molar-refractivity contribution in [2.75, 3.05) is 12.5 Å². The number of hydrogen-bond donors (Lipinski definition) is 3. The average molecular weight is 309 g/mol. The summed E-state index contributed by atoms with van der Waals surface area (Å²) < 4.78 is 31.8. The van der Waals surface area contributed by atoms with Crippen molar-refractivity contribution in [1.29, 1.82) is 0 Å². The molecule has 0 fully saturated rings. The largest absolute Gasteiger partial charge is 0.481 e. The van der Waals surface area contributed by atoms with Gasteiger partial charge in [0, 0.05) is 31.1 Å². The first kappa shape index (κ1) is 15.2. The number of hydrogen-bond acceptors (Lipinski definition) is 7. The lowest BCUT2D eigenvalue weighted by atomic mass is 10.3. The molecule has 0 aliphatic carbocycles. The van der Waals surface area contributed by atoms with Gasteiger partial charge in [0.2, 0.25) is 15.9 Å². The van der Waals surface area contributed by atoms with Crippen molar-refractivity contribution in [1.82, 2.24) is 14.7 Å². The predicted molar refractivity (Wildman–Crippen MR) is 76.9 cm³/mol. The van der Waals surface area contributed by atoms with Crippen LogP contribution in [0.15, 0.2) is 41.6 Å². The minimum atomic E-state index is -3.66. The maximum absolute atomic E-state index is 12.2. The fraction of sp³-hybridized carbons (Fsp3) is 0.167. The van der Waals surface area contributed by atoms with Gasteiger partial charge in [-0.05, 0) is 17.7 Å². The molecule has 0 aliphatic rings. The molecule has 2 heterocycles. The van der Waals surface area contributed by atoms with Crippen LogP contribution in [0.2, 0.25) is 0 Å². The molecule has 0 radical (unpaired) electrons. The Morgan fingerprint density at radius 3 is 2.71 bits per heavy atom. The number of methoxy groups -OCH3 is 1. The van der Waals surface area contributed by atoms with Crippen LogP contribution in [0, 0.1) is 0 Å². The number of ether oxygens (including phenoxy) is 1. The number of nitrogen functional groups attached to an aromatic ring is 1. The highest BCUT2D eigenvalue weighted by Crippen LogP contribution is 2.13. The molecule has 0 saturated carbocycles. The number of nitrogens with one attached hydrogen (secondary N) is 2. The monoisotopic (exact) mass is 309 g/mol. The van der Waals surface area contributed by atoms with E-state index in [4.69, 9.17) is 10.6 Å². The number of rotatable bonds is 6. The van der Waals surface area contributed by atoms with E-state index in [0.717, 1.165) is 5.56 Å². The van der Waals surface area contributed by atoms with Gasteiger partial charge < -0.3 is 10.2 Å². The van der Waals surface area contributed by atoms with E-state index in [1.54, 1.807) is 18.3 Å². The van der Waals surface area contributed by atoms with Crippen LogP contribution in [-0.2, 0) is 16.6 Å². The highest BCUT2D eigenvalue weighted by molar-refractivity contribution is 7.89. The van der Waals surface area contributed by atoms with Crippen molar-refractivity contribution in [3.8, 4) is 5.88 Å². The SMILES string of the molecule is COc1cc(CNS(=O)(=O)c2ccnc(NN)c2)ccn1. The van der Waals surface area contributed by atoms with Crippen molar-refractivity contribution >= 4 is 15.8 Å². The number of sulfonamides is 1. The van der Waals surface area contributed by atoms with E-state index in [-0.39, 0.29) is 17.3 Å². The highest BCUT2D eigenvalue weighted by Gasteiger charge is 2.14. The van der Waals surface area contributed by atoms with Crippen molar-refractivity contribution in [3.05, 3.63) is 42.2 Å². The molecule has 2 aromatic heterocycles. The maximum Gasteiger partial charge on any atom is 0.241 e. The van der Waals surface area contributed by atoms with E-state index < -0.39 is 10.0 Å². The van der Waals surface area contributed by atoms with Crippen LogP contribution in [0.5, 0.6) is 5.88 Å². The molecular weight excluding hydrogens is 294 g/mol. The molecule has 0 aliphatic heterocycles. The first-order chi connectivity index (χ1) is 10.0. The van der Waals surface area contributed by atoms with Gasteiger partial charge in [-0.2, -0.15) is 0 Å². The van der Waals surface area contributed by atoms with Crippen molar-refractivity contribution in [2.45, 2.75) is 11.4 Å². The number of hydrazine groups is 1. The third-order valence-electron chi connectivity index (χ3n) is 2.66. The van der Waals surface area contributed by atoms with Gasteiger partial charge in [0.05, 0.1) is 12.0 Å². The van der Waals surface area contributed by atoms with Crippen LogP contribution in [0.25, 0.3) is 0 Å². The predicted octanol–water partition coefficient (Wildman–Crippen LogP) is 0.249. The Morgan fingerprint density at radius 1 is 1.24 bits per heavy atom. The second-order valence-corrected chi connectivity index (χ2v) is 5.82. The lowest BCUT2D eigenvalue weighted by molar-refractivity contribution is 0.397. The molecule has 0 spiro atoms. The first-order valence-electron chi connectivity index (χ1n) is 5.96. The Kier molecular flexibility index (Phi) is 4.68. The number of anilines is 1. The summed E-state index contributed by atoms with van der Waals surface area (Å²) in [6.07, 6.45) is 2.91. The summed E-state index contributed by atoms with van der Waals surface area (Å²) in [6, 6.07) is 6.08. The number of aromatic nitrogens is 2. The highest BCUT2D eigenvalue weighted by atomic mass is 32.2. The van der Waals surface area contributed by atoms with Gasteiger partial charge in [0.25, 0.3) is 0 Å². The summed E-state index contributed by atoms with van der Waals surface area (Å²) in [6.45, 7) is 0.120. The van der Waals surface area contributed by atoms with Crippen LogP contribution in [0.3, 0.4) is 0 Å². The molecule has 21 heavy (non-hydrogen) atoms. The zero-order valence-corrected chi connectivity index (χ0v) is 12.1. The second kappa shape index (κ2) is 6.48. The normalized spacial score (nSPS) is 11.1. The fourth-order valence-corrected chi connectivity index (χ4v) is 2.62. The van der Waals surface area contributed by atoms with E-state index in [9.17, 15) is 8.42 Å². The molecule has 0 unspecified atom stereocenters. The van der Waals surface area contributed by atoms with Crippen LogP contribution in [0.4, 0.5) is 5.82 Å². The van der Waals surface area contributed by atoms with Crippen LogP contribution < -0.4 is 20.7 Å². The summed E-state index contributed by atoms with van der Waals surface area (Å²) in [5.74, 6) is 5.90. The van der Waals surface area contributed by atoms with E-state index in [1.165, 1.54) is 25.4 Å². The summed E-state index contributed by atoms with van der Waals surface area (Å²) >= 11 is 0. The molecule has 0 bridgehead atoms. The first-order valence-corrected chi connectivity index (χ1v) is 7.45. The van der Waals surface area contributed by atoms with Gasteiger partial charge in [-0.3, -0.25) is 0 Å². The minimum Gasteiger partial charge on any atom is -0.481 e. The van der Waals surface area contributed by atoms with Crippen molar-refractivity contribution < 1.29 is 13.2 Å². The number of nitrogens with two attached hydrogens (primary N) is 1. The Hall–Kier alpha value is -2.23. The van der Waals surface area contributed by atoms with Crippen molar-refractivity contribution in [3.63, 3.8) is 0 Å². The number of pyridine rings is 2. The molecule has 0 amide bonds. The van der Waals surface area contributed by atoms with Gasteiger partial charge in [-0.25, -0.2) is 29.0 Å². The molecule has 2 rings (SSSR count). The second-order valence-electron chi connectivity index (χ2n) is 4.05. The summed E-state index contributed by atoms with van der Waals surface area (Å²) in [5, 5.41) is 0. The molecule has 8 nitrogen and oxygen atoms in total. The summed E-state index contributed by atoms with van der Waals surface area (Å²) in [5.41, 5.74) is 3.03. The molecule has 0 atom stereocenters. The fourth-order valence-electron chi connectivity index (χ4n) is 1.59. The minimum absolute atomic E-state index is 0.0754. The van der Waals surface area contributed by atoms with E-state index >= 15 is 0 Å². The standard InChI is InChI=1S/C12H15N5O3S/c1-20-12-6-9(2-4-15-12)8-16-21(18,19)10-3-5-14-11(7-10)17-13/h2-7,16H,8,13H2,1H3,(H,14,17). The molecule has 4 N–H and O–H groups in total. The molecule has 112 valence electrons. The van der Waals surface area contributed by atoms with E-state index in [0.29, 0.717) is 5.88 Å². The lowest BCUT2D eigenvalue weighted by Crippen LogP contribution is -2.23. The van der Waals surface area contributed by atoms with Crippen LogP contribution >= 0.6 is 0 Å². The quantitative estimate of drug-likeness (QED) is 0.517. The topological polar surface area (TPSA) is 119 Å². The molecular formula is C12H15N5O3S. The molecule has 2 aromatic rings. The van der Waals surface area contributed by atoms with Gasteiger partial charge >= 0.3 is 0 Å². The summed E-state index contributed by atoms with van der Waals surface area (Å²) in [4.78, 5) is 7.89. The lowest BCUT2D eigenvalue weighted by Gasteiger charge is -2.08. The van der Waals surface area contributed by atoms with E-state index in [1.807, 2.05) is 0 Å². The third-order valence-corrected chi connectivity index (χ3v) is 4.06. The third kappa shape index (κ3) is 3.88. The molecule has 9 heteroatoms. The smallest absolute Gasteiger partial charge is 0.241 e. The zero-order valence-electron chi connectivity index (χ0n) is 11.3. The Balaban J connectivity index is 2.13. The van der Waals surface area contributed by atoms with Gasteiger partial charge in [0.1, 0.15) is 5.82 Å². The Morgan fingerprint density at radius 2 is 2.00 bits per heavy atom. The van der Waals surface area contributed by atoms with Crippen LogP contribution in [0.1, 0.15) is 5.56 Å². The zero-order chi connectivity index (χ0) is 15.3. The Bertz CT molecular complexity index is 720. The van der Waals surface area contributed by atoms with E-state index in [2.05, 4.69) is 20.1 Å². The molecule has 0 saturated heterocycles. The summed E-state index contributed by atoms with van der Waals surface area (Å²) in [7, 11) is -2.16. The molecule has 0 aromatic carbocycles. The average Bonchev–Trinajstić information content (AvgIpc) is 2.53. The Labute approximate surface area is 122 Å². The van der Waals surface area contributed by atoms with Crippen molar-refractivity contribution in [2.24, 2.45) is 5.84 Å². The van der Waals surface area contributed by atoms with Gasteiger partial charge in [-0.15, -0.1) is 0 Å². The maximum atomic E-state index is 12.2. The van der Waals surface area contributed by atoms with Gasteiger partial charge in [-0.1, -0.05) is 0 Å².